The van der Waals surface area contributed by atoms with Gasteiger partial charge in [0, 0.05) is 24.3 Å². The lowest BCUT2D eigenvalue weighted by molar-refractivity contribution is 0.0312. The third-order valence-electron chi connectivity index (χ3n) is 5.09. The highest BCUT2D eigenvalue weighted by Crippen LogP contribution is 2.35. The number of methoxy groups -OCH3 is 1. The summed E-state index contributed by atoms with van der Waals surface area (Å²) in [4.78, 5) is 28.3. The summed E-state index contributed by atoms with van der Waals surface area (Å²) in [5.41, 5.74) is 3.57. The highest BCUT2D eigenvalue weighted by molar-refractivity contribution is 6.03. The summed E-state index contributed by atoms with van der Waals surface area (Å²) in [6.45, 7) is 5.04. The number of benzene rings is 1. The van der Waals surface area contributed by atoms with E-state index in [1.165, 1.54) is 0 Å². The van der Waals surface area contributed by atoms with Gasteiger partial charge in [-0.15, -0.1) is 0 Å². The zero-order chi connectivity index (χ0) is 20.1. The molecule has 0 saturated heterocycles. The number of hydrogen-bond acceptors (Lipinski definition) is 5. The van der Waals surface area contributed by atoms with Crippen molar-refractivity contribution in [2.24, 2.45) is 0 Å². The van der Waals surface area contributed by atoms with E-state index in [1.54, 1.807) is 14.0 Å². The predicted molar refractivity (Wildman–Crippen MR) is 105 cm³/mol. The molecule has 0 fully saturated rings. The first-order chi connectivity index (χ1) is 13.5. The number of Topliss-reactive ketones (excluding diaryl/α,β-unsaturated/α-hetero) is 1. The Morgan fingerprint density at radius 3 is 2.57 bits per heavy atom. The maximum absolute atomic E-state index is 12.8. The van der Waals surface area contributed by atoms with Gasteiger partial charge in [0.05, 0.1) is 13.7 Å². The lowest BCUT2D eigenvalue weighted by atomic mass is 9.81. The van der Waals surface area contributed by atoms with Crippen molar-refractivity contribution >= 4 is 11.8 Å². The van der Waals surface area contributed by atoms with Crippen molar-refractivity contribution in [1.82, 2.24) is 4.98 Å². The van der Waals surface area contributed by atoms with Crippen molar-refractivity contribution < 1.29 is 23.8 Å². The zero-order valence-electron chi connectivity index (χ0n) is 16.7. The molecule has 1 N–H and O–H groups in total. The molecule has 1 unspecified atom stereocenters. The minimum atomic E-state index is -0.444. The fourth-order valence-corrected chi connectivity index (χ4v) is 3.66. The van der Waals surface area contributed by atoms with E-state index in [0.29, 0.717) is 42.9 Å². The lowest BCUT2D eigenvalue weighted by Crippen LogP contribution is -2.18. The van der Waals surface area contributed by atoms with Gasteiger partial charge in [-0.1, -0.05) is 19.1 Å². The largest absolute Gasteiger partial charge is 0.497 e. The van der Waals surface area contributed by atoms with Gasteiger partial charge in [-0.05, 0) is 48.9 Å². The van der Waals surface area contributed by atoms with Crippen LogP contribution in [0.5, 0.6) is 5.75 Å². The molecule has 1 heterocycles. The standard InChI is InChI=1S/C22H27NO5/c1-4-9-27-10-11-28-22(25)21-14(2)20-18(23-21)12-16(13-19(20)24)15-5-7-17(26-3)8-6-15/h5-8,16,23H,4,9-13H2,1-3H3. The third kappa shape index (κ3) is 4.28. The first kappa shape index (κ1) is 20.1. The average Bonchev–Trinajstić information content (AvgIpc) is 3.04. The van der Waals surface area contributed by atoms with Gasteiger partial charge >= 0.3 is 5.97 Å². The Morgan fingerprint density at radius 2 is 1.89 bits per heavy atom. The van der Waals surface area contributed by atoms with E-state index in [9.17, 15) is 9.59 Å². The normalized spacial score (nSPS) is 16.0. The fourth-order valence-electron chi connectivity index (χ4n) is 3.66. The summed E-state index contributed by atoms with van der Waals surface area (Å²) < 4.78 is 15.8. The molecule has 0 saturated carbocycles. The van der Waals surface area contributed by atoms with Gasteiger partial charge in [0.1, 0.15) is 18.1 Å². The number of aromatic nitrogens is 1. The summed E-state index contributed by atoms with van der Waals surface area (Å²) in [7, 11) is 1.63. The summed E-state index contributed by atoms with van der Waals surface area (Å²) >= 11 is 0. The number of aromatic amines is 1. The second kappa shape index (κ2) is 9.06. The van der Waals surface area contributed by atoms with Crippen molar-refractivity contribution in [1.29, 1.82) is 0 Å². The molecule has 3 rings (SSSR count). The molecule has 28 heavy (non-hydrogen) atoms. The summed E-state index contributed by atoms with van der Waals surface area (Å²) in [5.74, 6) is 0.479. The molecule has 0 radical (unpaired) electrons. The van der Waals surface area contributed by atoms with E-state index in [1.807, 2.05) is 31.2 Å². The molecule has 0 bridgehead atoms. The monoisotopic (exact) mass is 385 g/mol. The smallest absolute Gasteiger partial charge is 0.355 e. The molecule has 0 aliphatic heterocycles. The topological polar surface area (TPSA) is 77.6 Å². The van der Waals surface area contributed by atoms with Crippen LogP contribution in [0.4, 0.5) is 0 Å². The number of esters is 1. The van der Waals surface area contributed by atoms with Crippen LogP contribution in [0.2, 0.25) is 0 Å². The second-order valence-electron chi connectivity index (χ2n) is 7.03. The number of carbonyl (C=O) groups excluding carboxylic acids is 2. The summed E-state index contributed by atoms with van der Waals surface area (Å²) in [6.07, 6.45) is 2.03. The first-order valence-corrected chi connectivity index (χ1v) is 9.68. The van der Waals surface area contributed by atoms with Crippen LogP contribution in [-0.2, 0) is 15.9 Å². The van der Waals surface area contributed by atoms with Crippen molar-refractivity contribution in [3.05, 3.63) is 52.3 Å². The van der Waals surface area contributed by atoms with Gasteiger partial charge < -0.3 is 19.2 Å². The number of ether oxygens (including phenoxy) is 3. The van der Waals surface area contributed by atoms with Crippen molar-refractivity contribution in [2.75, 3.05) is 26.9 Å². The number of H-pyrrole nitrogens is 1. The third-order valence-corrected chi connectivity index (χ3v) is 5.09. The lowest BCUT2D eigenvalue weighted by Gasteiger charge is -2.22. The fraction of sp³-hybridized carbons (Fsp3) is 0.455. The Kier molecular flexibility index (Phi) is 6.52. The number of ketones is 1. The van der Waals surface area contributed by atoms with Crippen LogP contribution in [0, 0.1) is 6.92 Å². The van der Waals surface area contributed by atoms with Crippen molar-refractivity contribution in [3.63, 3.8) is 0 Å². The Labute approximate surface area is 165 Å². The molecule has 150 valence electrons. The number of carbonyl (C=O) groups is 2. The predicted octanol–water partition coefficient (Wildman–Crippen LogP) is 3.83. The Balaban J connectivity index is 1.72. The van der Waals surface area contributed by atoms with Crippen LogP contribution in [-0.4, -0.2) is 43.7 Å². The molecule has 1 aromatic carbocycles. The zero-order valence-corrected chi connectivity index (χ0v) is 16.7. The van der Waals surface area contributed by atoms with Crippen LogP contribution in [0.15, 0.2) is 24.3 Å². The van der Waals surface area contributed by atoms with E-state index in [0.717, 1.165) is 23.4 Å². The molecule has 6 nitrogen and oxygen atoms in total. The molecule has 2 aromatic rings. The summed E-state index contributed by atoms with van der Waals surface area (Å²) in [5, 5.41) is 0. The first-order valence-electron chi connectivity index (χ1n) is 9.68. The molecule has 1 atom stereocenters. The van der Waals surface area contributed by atoms with Crippen molar-refractivity contribution in [3.8, 4) is 5.75 Å². The van der Waals surface area contributed by atoms with Gasteiger partial charge in [-0.25, -0.2) is 4.79 Å². The molecule has 1 aliphatic carbocycles. The van der Waals surface area contributed by atoms with Gasteiger partial charge in [0.25, 0.3) is 0 Å². The number of hydrogen-bond donors (Lipinski definition) is 1. The molecule has 6 heteroatoms. The Hall–Kier alpha value is -2.60. The van der Waals surface area contributed by atoms with Gasteiger partial charge in [0.15, 0.2) is 5.78 Å². The molecule has 0 amide bonds. The molecule has 1 aromatic heterocycles. The van der Waals surface area contributed by atoms with Gasteiger partial charge in [-0.2, -0.15) is 0 Å². The second-order valence-corrected chi connectivity index (χ2v) is 7.03. The number of rotatable bonds is 8. The quantitative estimate of drug-likeness (QED) is 0.552. The van der Waals surface area contributed by atoms with Crippen LogP contribution in [0.25, 0.3) is 0 Å². The van der Waals surface area contributed by atoms with Crippen LogP contribution >= 0.6 is 0 Å². The minimum Gasteiger partial charge on any atom is -0.497 e. The Morgan fingerprint density at radius 1 is 1.14 bits per heavy atom. The number of nitrogens with one attached hydrogen (secondary N) is 1. The molecular weight excluding hydrogens is 358 g/mol. The van der Waals surface area contributed by atoms with E-state index in [4.69, 9.17) is 14.2 Å². The van der Waals surface area contributed by atoms with Gasteiger partial charge in [0.2, 0.25) is 0 Å². The average molecular weight is 385 g/mol. The van der Waals surface area contributed by atoms with E-state index in [2.05, 4.69) is 4.98 Å². The minimum absolute atomic E-state index is 0.0566. The molecule has 0 spiro atoms. The summed E-state index contributed by atoms with van der Waals surface area (Å²) in [6, 6.07) is 7.78. The van der Waals surface area contributed by atoms with E-state index < -0.39 is 5.97 Å². The van der Waals surface area contributed by atoms with E-state index >= 15 is 0 Å². The number of fused-ring (bicyclic) bond motifs is 1. The highest BCUT2D eigenvalue weighted by atomic mass is 16.6. The van der Waals surface area contributed by atoms with Crippen LogP contribution in [0.1, 0.15) is 63.4 Å². The molecule has 1 aliphatic rings. The van der Waals surface area contributed by atoms with E-state index in [-0.39, 0.29) is 18.3 Å². The van der Waals surface area contributed by atoms with Gasteiger partial charge in [-0.3, -0.25) is 4.79 Å². The maximum Gasteiger partial charge on any atom is 0.355 e. The maximum atomic E-state index is 12.8. The van der Waals surface area contributed by atoms with Crippen LogP contribution in [0.3, 0.4) is 0 Å². The molecular formula is C22H27NO5. The van der Waals surface area contributed by atoms with Crippen LogP contribution < -0.4 is 4.74 Å². The highest BCUT2D eigenvalue weighted by Gasteiger charge is 2.32. The van der Waals surface area contributed by atoms with Crippen molar-refractivity contribution in [2.45, 2.75) is 39.0 Å². The SMILES string of the molecule is CCCOCCOC(=O)c1[nH]c2c(c1C)C(=O)CC(c1ccc(OC)cc1)C2. The Bertz CT molecular complexity index is 837.